The van der Waals surface area contributed by atoms with E-state index >= 15 is 0 Å². The van der Waals surface area contributed by atoms with Gasteiger partial charge in [0.05, 0.1) is 17.6 Å². The van der Waals surface area contributed by atoms with Crippen LogP contribution in [-0.2, 0) is 28.5 Å². The number of oxazole rings is 1. The normalized spacial score (nSPS) is 12.9. The number of nitrogens with two attached hydrogens (primary N) is 1. The van der Waals surface area contributed by atoms with Crippen molar-refractivity contribution in [2.45, 2.75) is 44.2 Å². The number of guanidine groups is 1. The quantitative estimate of drug-likeness (QED) is 0.534. The Balaban J connectivity index is 1.93. The summed E-state index contributed by atoms with van der Waals surface area (Å²) < 4.78 is 28.6. The first-order chi connectivity index (χ1) is 12.1. The van der Waals surface area contributed by atoms with E-state index in [0.29, 0.717) is 24.9 Å². The van der Waals surface area contributed by atoms with Gasteiger partial charge in [-0.25, -0.2) is 18.5 Å². The molecular formula is C17H25N5O3S. The molecule has 1 aromatic heterocycles. The molecule has 0 aliphatic rings. The van der Waals surface area contributed by atoms with Crippen LogP contribution in [-0.4, -0.2) is 26.4 Å². The molecular weight excluding hydrogens is 354 g/mol. The van der Waals surface area contributed by atoms with Crippen molar-refractivity contribution in [2.24, 2.45) is 10.1 Å². The minimum atomic E-state index is -3.72. The molecule has 0 bridgehead atoms. The standard InChI is InChI=1S/C17H25N5O3S/c1-17(2,3)14-10-20-15(25-14)11-22-16(19-4)21-9-12-6-5-7-13(8-12)26(18,23)24/h5-8,10H,9,11H2,1-4H3,(H2,18,23,24)(H2,19,21,22). The van der Waals surface area contributed by atoms with Crippen LogP contribution in [0.25, 0.3) is 0 Å². The molecule has 0 saturated carbocycles. The number of primary sulfonamides is 1. The largest absolute Gasteiger partial charge is 0.443 e. The first kappa shape index (κ1) is 19.9. The molecule has 0 aliphatic carbocycles. The molecule has 0 radical (unpaired) electrons. The highest BCUT2D eigenvalue weighted by Crippen LogP contribution is 2.22. The summed E-state index contributed by atoms with van der Waals surface area (Å²) in [7, 11) is -2.07. The number of hydrogen-bond acceptors (Lipinski definition) is 5. The molecule has 26 heavy (non-hydrogen) atoms. The van der Waals surface area contributed by atoms with Crippen molar-refractivity contribution in [3.05, 3.63) is 47.7 Å². The van der Waals surface area contributed by atoms with Gasteiger partial charge in [0.1, 0.15) is 5.76 Å². The van der Waals surface area contributed by atoms with E-state index in [2.05, 4.69) is 41.4 Å². The van der Waals surface area contributed by atoms with Crippen LogP contribution in [0.1, 0.15) is 38.0 Å². The second-order valence-electron chi connectivity index (χ2n) is 6.84. The van der Waals surface area contributed by atoms with Crippen molar-refractivity contribution in [1.82, 2.24) is 15.6 Å². The maximum Gasteiger partial charge on any atom is 0.238 e. The molecule has 0 atom stereocenters. The van der Waals surface area contributed by atoms with Gasteiger partial charge in [0.15, 0.2) is 5.96 Å². The van der Waals surface area contributed by atoms with Gasteiger partial charge in [-0.3, -0.25) is 4.99 Å². The average Bonchev–Trinajstić information content (AvgIpc) is 3.04. The van der Waals surface area contributed by atoms with Crippen LogP contribution in [0.2, 0.25) is 0 Å². The first-order valence-corrected chi connectivity index (χ1v) is 9.65. The van der Waals surface area contributed by atoms with Gasteiger partial charge in [-0.05, 0) is 17.7 Å². The summed E-state index contributed by atoms with van der Waals surface area (Å²) in [6.07, 6.45) is 1.73. The summed E-state index contributed by atoms with van der Waals surface area (Å²) in [5.74, 6) is 1.92. The third kappa shape index (κ3) is 5.57. The van der Waals surface area contributed by atoms with Crippen LogP contribution in [0, 0.1) is 0 Å². The van der Waals surface area contributed by atoms with E-state index in [9.17, 15) is 8.42 Å². The molecule has 8 nitrogen and oxygen atoms in total. The molecule has 0 saturated heterocycles. The van der Waals surface area contributed by atoms with Crippen LogP contribution in [0.4, 0.5) is 0 Å². The molecule has 1 aromatic carbocycles. The van der Waals surface area contributed by atoms with E-state index in [1.807, 2.05) is 0 Å². The molecule has 0 unspecified atom stereocenters. The number of aromatic nitrogens is 1. The Labute approximate surface area is 154 Å². The van der Waals surface area contributed by atoms with Crippen LogP contribution in [0.5, 0.6) is 0 Å². The number of nitrogens with one attached hydrogen (secondary N) is 2. The summed E-state index contributed by atoms with van der Waals surface area (Å²) in [4.78, 5) is 8.46. The highest BCUT2D eigenvalue weighted by atomic mass is 32.2. The highest BCUT2D eigenvalue weighted by Gasteiger charge is 2.19. The Hall–Kier alpha value is -2.39. The monoisotopic (exact) mass is 379 g/mol. The lowest BCUT2D eigenvalue weighted by Gasteiger charge is -2.13. The average molecular weight is 379 g/mol. The molecule has 4 N–H and O–H groups in total. The zero-order valence-corrected chi connectivity index (χ0v) is 16.2. The molecule has 9 heteroatoms. The molecule has 2 rings (SSSR count). The van der Waals surface area contributed by atoms with E-state index < -0.39 is 10.0 Å². The molecule has 0 aliphatic heterocycles. The van der Waals surface area contributed by atoms with Crippen molar-refractivity contribution in [2.75, 3.05) is 7.05 Å². The van der Waals surface area contributed by atoms with Crippen molar-refractivity contribution < 1.29 is 12.8 Å². The second kappa shape index (κ2) is 7.88. The predicted octanol–water partition coefficient (Wildman–Crippen LogP) is 1.48. The summed E-state index contributed by atoms with van der Waals surface area (Å²) in [6, 6.07) is 6.44. The molecule has 1 heterocycles. The Morgan fingerprint density at radius 3 is 2.54 bits per heavy atom. The Kier molecular flexibility index (Phi) is 6.04. The first-order valence-electron chi connectivity index (χ1n) is 8.11. The van der Waals surface area contributed by atoms with E-state index in [0.717, 1.165) is 11.3 Å². The fraction of sp³-hybridized carbons (Fsp3) is 0.412. The van der Waals surface area contributed by atoms with Crippen molar-refractivity contribution in [3.8, 4) is 0 Å². The number of hydrogen-bond donors (Lipinski definition) is 3. The summed E-state index contributed by atoms with van der Waals surface area (Å²) in [5.41, 5.74) is 0.671. The van der Waals surface area contributed by atoms with Crippen molar-refractivity contribution in [1.29, 1.82) is 0 Å². The van der Waals surface area contributed by atoms with Crippen molar-refractivity contribution in [3.63, 3.8) is 0 Å². The number of benzene rings is 1. The van der Waals surface area contributed by atoms with Crippen molar-refractivity contribution >= 4 is 16.0 Å². The zero-order chi connectivity index (χ0) is 19.4. The maximum absolute atomic E-state index is 11.4. The summed E-state index contributed by atoms with van der Waals surface area (Å²) >= 11 is 0. The van der Waals surface area contributed by atoms with Gasteiger partial charge in [0.25, 0.3) is 0 Å². The van der Waals surface area contributed by atoms with Gasteiger partial charge in [0, 0.05) is 19.0 Å². The SMILES string of the molecule is CN=C(NCc1cccc(S(N)(=O)=O)c1)NCc1ncc(C(C)(C)C)o1. The predicted molar refractivity (Wildman–Crippen MR) is 100 cm³/mol. The van der Waals surface area contributed by atoms with Gasteiger partial charge < -0.3 is 15.1 Å². The van der Waals surface area contributed by atoms with Gasteiger partial charge >= 0.3 is 0 Å². The smallest absolute Gasteiger partial charge is 0.238 e. The minimum Gasteiger partial charge on any atom is -0.443 e. The Morgan fingerprint density at radius 2 is 1.96 bits per heavy atom. The van der Waals surface area contributed by atoms with E-state index in [1.165, 1.54) is 12.1 Å². The lowest BCUT2D eigenvalue weighted by molar-refractivity contribution is 0.379. The molecule has 0 fully saturated rings. The van der Waals surface area contributed by atoms with Crippen LogP contribution in [0.3, 0.4) is 0 Å². The third-order valence-electron chi connectivity index (χ3n) is 3.61. The molecule has 0 amide bonds. The number of aliphatic imine (C=N–C) groups is 1. The fourth-order valence-corrected chi connectivity index (χ4v) is 2.72. The minimum absolute atomic E-state index is 0.0780. The zero-order valence-electron chi connectivity index (χ0n) is 15.4. The topological polar surface area (TPSA) is 123 Å². The third-order valence-corrected chi connectivity index (χ3v) is 4.52. The van der Waals surface area contributed by atoms with Crippen LogP contribution in [0.15, 0.2) is 44.8 Å². The Bertz CT molecular complexity index is 882. The van der Waals surface area contributed by atoms with E-state index in [1.54, 1.807) is 25.4 Å². The van der Waals surface area contributed by atoms with E-state index in [4.69, 9.17) is 9.56 Å². The molecule has 2 aromatic rings. The Morgan fingerprint density at radius 1 is 1.27 bits per heavy atom. The number of sulfonamides is 1. The lowest BCUT2D eigenvalue weighted by atomic mass is 9.94. The molecule has 142 valence electrons. The lowest BCUT2D eigenvalue weighted by Crippen LogP contribution is -2.36. The van der Waals surface area contributed by atoms with Crippen LogP contribution >= 0.6 is 0 Å². The second-order valence-corrected chi connectivity index (χ2v) is 8.40. The van der Waals surface area contributed by atoms with Gasteiger partial charge in [-0.2, -0.15) is 0 Å². The van der Waals surface area contributed by atoms with Gasteiger partial charge in [0.2, 0.25) is 15.9 Å². The number of rotatable bonds is 5. The van der Waals surface area contributed by atoms with Gasteiger partial charge in [-0.1, -0.05) is 32.9 Å². The summed E-state index contributed by atoms with van der Waals surface area (Å²) in [6.45, 7) is 6.94. The summed E-state index contributed by atoms with van der Waals surface area (Å²) in [5, 5.41) is 11.4. The molecule has 0 spiro atoms. The van der Waals surface area contributed by atoms with Crippen LogP contribution < -0.4 is 15.8 Å². The highest BCUT2D eigenvalue weighted by molar-refractivity contribution is 7.89. The van der Waals surface area contributed by atoms with Gasteiger partial charge in [-0.15, -0.1) is 0 Å². The van der Waals surface area contributed by atoms with E-state index in [-0.39, 0.29) is 10.3 Å². The maximum atomic E-state index is 11.4. The fourth-order valence-electron chi connectivity index (χ4n) is 2.14. The number of nitrogens with zero attached hydrogens (tertiary/aromatic N) is 2.